The lowest BCUT2D eigenvalue weighted by Gasteiger charge is -2.52. The van der Waals surface area contributed by atoms with Gasteiger partial charge in [-0.15, -0.1) is 0 Å². The minimum absolute atomic E-state index is 0.132. The third-order valence-corrected chi connectivity index (χ3v) is 6.72. The van der Waals surface area contributed by atoms with Crippen molar-refractivity contribution in [2.24, 2.45) is 5.41 Å². The number of benzene rings is 2. The van der Waals surface area contributed by atoms with Gasteiger partial charge in [0.1, 0.15) is 17.3 Å². The smallest absolute Gasteiger partial charge is 0.271 e. The zero-order valence-electron chi connectivity index (χ0n) is 18.4. The number of aromatic nitrogens is 2. The maximum absolute atomic E-state index is 13.1. The number of rotatable bonds is 5. The van der Waals surface area contributed by atoms with Gasteiger partial charge >= 0.3 is 0 Å². The molecule has 3 heterocycles. The molecule has 0 radical (unpaired) electrons. The normalized spacial score (nSPS) is 17.2. The van der Waals surface area contributed by atoms with Gasteiger partial charge in [0.15, 0.2) is 0 Å². The third kappa shape index (κ3) is 3.97. The van der Waals surface area contributed by atoms with E-state index in [2.05, 4.69) is 10.2 Å². The molecule has 8 heteroatoms. The fourth-order valence-corrected chi connectivity index (χ4v) is 4.71. The van der Waals surface area contributed by atoms with Crippen LogP contribution in [0.3, 0.4) is 0 Å². The number of piperidine rings is 1. The Balaban J connectivity index is 1.17. The summed E-state index contributed by atoms with van der Waals surface area (Å²) < 4.78 is 18.3. The van der Waals surface area contributed by atoms with E-state index >= 15 is 0 Å². The molecule has 0 atom stereocenters. The number of ether oxygens (including phenoxy) is 1. The average molecular weight is 448 g/mol. The molecule has 0 aliphatic carbocycles. The number of halogens is 1. The molecule has 0 bridgehead atoms. The lowest BCUT2D eigenvalue weighted by molar-refractivity contribution is -0.165. The van der Waals surface area contributed by atoms with Crippen molar-refractivity contribution in [2.75, 3.05) is 26.7 Å². The number of nitrogens with zero attached hydrogens (tertiary/aromatic N) is 3. The summed E-state index contributed by atoms with van der Waals surface area (Å²) in [7, 11) is 1.63. The Hall–Kier alpha value is -3.68. The van der Waals surface area contributed by atoms with Crippen molar-refractivity contribution >= 4 is 11.8 Å². The minimum atomic E-state index is -0.351. The van der Waals surface area contributed by atoms with E-state index in [0.29, 0.717) is 43.9 Å². The maximum atomic E-state index is 13.1. The average Bonchev–Trinajstić information content (AvgIpc) is 3.35. The molecule has 33 heavy (non-hydrogen) atoms. The molecule has 3 aromatic rings. The number of carbonyl (C=O) groups excluding carboxylic acids is 2. The Morgan fingerprint density at radius 3 is 2.45 bits per heavy atom. The van der Waals surface area contributed by atoms with Gasteiger partial charge in [-0.25, -0.2) is 4.39 Å². The van der Waals surface area contributed by atoms with Crippen LogP contribution >= 0.6 is 0 Å². The summed E-state index contributed by atoms with van der Waals surface area (Å²) in [5.74, 6) is 0.517. The van der Waals surface area contributed by atoms with Gasteiger partial charge in [0.25, 0.3) is 5.91 Å². The second-order valence-electron chi connectivity index (χ2n) is 8.76. The lowest BCUT2D eigenvalue weighted by Crippen LogP contribution is -2.64. The molecular weight excluding hydrogens is 423 g/mol. The molecule has 0 unspecified atom stereocenters. The molecule has 2 saturated heterocycles. The molecule has 1 spiro atoms. The first-order valence-corrected chi connectivity index (χ1v) is 11.0. The number of β-lactam (4-membered cyclic amide) rings is 1. The van der Waals surface area contributed by atoms with Gasteiger partial charge in [-0.1, -0.05) is 12.1 Å². The number of amides is 2. The van der Waals surface area contributed by atoms with Crippen molar-refractivity contribution in [2.45, 2.75) is 19.4 Å². The van der Waals surface area contributed by atoms with Crippen LogP contribution in [0.2, 0.25) is 0 Å². The highest BCUT2D eigenvalue weighted by Crippen LogP contribution is 2.42. The number of likely N-dealkylation sites (tertiary alicyclic amines) is 2. The van der Waals surface area contributed by atoms with Crippen molar-refractivity contribution in [1.29, 1.82) is 0 Å². The fourth-order valence-electron chi connectivity index (χ4n) is 4.71. The van der Waals surface area contributed by atoms with E-state index < -0.39 is 0 Å². The highest BCUT2D eigenvalue weighted by atomic mass is 19.1. The number of hydrogen-bond donors (Lipinski definition) is 1. The zero-order chi connectivity index (χ0) is 23.0. The molecule has 0 saturated carbocycles. The number of methoxy groups -OCH3 is 1. The fraction of sp³-hybridized carbons (Fsp3) is 0.320. The maximum Gasteiger partial charge on any atom is 0.271 e. The Labute approximate surface area is 191 Å². The topological polar surface area (TPSA) is 78.5 Å². The molecule has 2 aliphatic heterocycles. The number of H-pyrrole nitrogens is 1. The second kappa shape index (κ2) is 8.35. The lowest BCUT2D eigenvalue weighted by atomic mass is 9.71. The first-order chi connectivity index (χ1) is 16.0. The predicted molar refractivity (Wildman–Crippen MR) is 120 cm³/mol. The predicted octanol–water partition coefficient (Wildman–Crippen LogP) is 3.49. The van der Waals surface area contributed by atoms with Gasteiger partial charge in [-0.05, 0) is 60.9 Å². The van der Waals surface area contributed by atoms with Crippen LogP contribution in [-0.2, 0) is 11.3 Å². The van der Waals surface area contributed by atoms with Gasteiger partial charge in [0.05, 0.1) is 18.2 Å². The van der Waals surface area contributed by atoms with Crippen LogP contribution in [0.1, 0.15) is 28.9 Å². The van der Waals surface area contributed by atoms with Crippen molar-refractivity contribution in [1.82, 2.24) is 20.0 Å². The number of carbonyl (C=O) groups is 2. The molecule has 7 nitrogen and oxygen atoms in total. The molecule has 2 amide bonds. The van der Waals surface area contributed by atoms with Gasteiger partial charge in [-0.3, -0.25) is 14.7 Å². The molecule has 1 aromatic heterocycles. The molecule has 5 rings (SSSR count). The summed E-state index contributed by atoms with van der Waals surface area (Å²) in [5, 5.41) is 6.99. The van der Waals surface area contributed by atoms with Crippen molar-refractivity contribution in [3.8, 4) is 17.0 Å². The van der Waals surface area contributed by atoms with Crippen molar-refractivity contribution in [3.05, 3.63) is 71.7 Å². The molecule has 2 fully saturated rings. The van der Waals surface area contributed by atoms with Crippen LogP contribution in [0.15, 0.2) is 54.6 Å². The third-order valence-electron chi connectivity index (χ3n) is 6.72. The summed E-state index contributed by atoms with van der Waals surface area (Å²) in [6.07, 6.45) is 1.32. The standard InChI is InChI=1S/C25H25FN4O3/c1-33-20-8-2-17(3-9-20)15-30-16-25(24(30)32)10-12-29(13-11-25)23(31)22-14-21(27-28-22)18-4-6-19(26)7-5-18/h2-9,14H,10-13,15-16H2,1H3,(H,27,28). The van der Waals surface area contributed by atoms with Gasteiger partial charge in [-0.2, -0.15) is 5.10 Å². The van der Waals surface area contributed by atoms with E-state index in [0.717, 1.165) is 23.4 Å². The van der Waals surface area contributed by atoms with Crippen LogP contribution < -0.4 is 4.74 Å². The largest absolute Gasteiger partial charge is 0.497 e. The molecule has 1 N–H and O–H groups in total. The molecule has 170 valence electrons. The summed E-state index contributed by atoms with van der Waals surface area (Å²) >= 11 is 0. The monoisotopic (exact) mass is 448 g/mol. The van der Waals surface area contributed by atoms with E-state index in [9.17, 15) is 14.0 Å². The summed E-state index contributed by atoms with van der Waals surface area (Å²) in [4.78, 5) is 29.5. The second-order valence-corrected chi connectivity index (χ2v) is 8.76. The Morgan fingerprint density at radius 1 is 1.12 bits per heavy atom. The molecular formula is C25H25FN4O3. The molecule has 2 aromatic carbocycles. The van der Waals surface area contributed by atoms with E-state index in [1.807, 2.05) is 29.2 Å². The minimum Gasteiger partial charge on any atom is -0.497 e. The Kier molecular flexibility index (Phi) is 5.36. The van der Waals surface area contributed by atoms with E-state index in [-0.39, 0.29) is 23.0 Å². The SMILES string of the molecule is COc1ccc(CN2CC3(CCN(C(=O)c4cc(-c5ccc(F)cc5)n[nH]4)CC3)C2=O)cc1. The number of nitrogens with one attached hydrogen (secondary N) is 1. The van der Waals surface area contributed by atoms with Crippen LogP contribution in [-0.4, -0.2) is 58.6 Å². The van der Waals surface area contributed by atoms with Gasteiger partial charge in [0.2, 0.25) is 5.91 Å². The van der Waals surface area contributed by atoms with Gasteiger partial charge in [0, 0.05) is 31.7 Å². The van der Waals surface area contributed by atoms with E-state index in [4.69, 9.17) is 4.74 Å². The van der Waals surface area contributed by atoms with Crippen LogP contribution in [0.5, 0.6) is 5.75 Å². The molecule has 2 aliphatic rings. The quantitative estimate of drug-likeness (QED) is 0.606. The van der Waals surface area contributed by atoms with Gasteiger partial charge < -0.3 is 14.5 Å². The highest BCUT2D eigenvalue weighted by Gasteiger charge is 2.53. The van der Waals surface area contributed by atoms with Crippen LogP contribution in [0.25, 0.3) is 11.3 Å². The van der Waals surface area contributed by atoms with Crippen LogP contribution in [0, 0.1) is 11.2 Å². The van der Waals surface area contributed by atoms with Crippen molar-refractivity contribution in [3.63, 3.8) is 0 Å². The summed E-state index contributed by atoms with van der Waals surface area (Å²) in [6.45, 7) is 2.38. The Morgan fingerprint density at radius 2 is 1.82 bits per heavy atom. The number of hydrogen-bond acceptors (Lipinski definition) is 4. The van der Waals surface area contributed by atoms with E-state index in [1.54, 1.807) is 30.2 Å². The first-order valence-electron chi connectivity index (χ1n) is 11.0. The summed E-state index contributed by atoms with van der Waals surface area (Å²) in [6, 6.07) is 15.4. The van der Waals surface area contributed by atoms with Crippen molar-refractivity contribution < 1.29 is 18.7 Å². The van der Waals surface area contributed by atoms with Crippen LogP contribution in [0.4, 0.5) is 4.39 Å². The first kappa shape index (κ1) is 21.2. The number of aromatic amines is 1. The Bertz CT molecular complexity index is 1170. The highest BCUT2D eigenvalue weighted by molar-refractivity contribution is 5.94. The zero-order valence-corrected chi connectivity index (χ0v) is 18.4. The summed E-state index contributed by atoms with van der Waals surface area (Å²) in [5.41, 5.74) is 2.45. The van der Waals surface area contributed by atoms with E-state index in [1.165, 1.54) is 12.1 Å².